The summed E-state index contributed by atoms with van der Waals surface area (Å²) in [5, 5.41) is 2.60. The van der Waals surface area contributed by atoms with Crippen LogP contribution in [0.15, 0.2) is 21.1 Å². The quantitative estimate of drug-likeness (QED) is 0.834. The molecule has 1 aromatic rings. The summed E-state index contributed by atoms with van der Waals surface area (Å²) in [6, 6.07) is 3.72. The molecule has 0 atom stereocenters. The van der Waals surface area contributed by atoms with Gasteiger partial charge in [-0.2, -0.15) is 0 Å². The summed E-state index contributed by atoms with van der Waals surface area (Å²) in [7, 11) is 0. The highest BCUT2D eigenvalue weighted by molar-refractivity contribution is 9.11. The van der Waals surface area contributed by atoms with E-state index in [9.17, 15) is 4.79 Å². The smallest absolute Gasteiger partial charge is 0.211 e. The van der Waals surface area contributed by atoms with Gasteiger partial charge in [0.25, 0.3) is 0 Å². The van der Waals surface area contributed by atoms with Gasteiger partial charge in [-0.15, -0.1) is 0 Å². The molecule has 0 fully saturated rings. The minimum absolute atomic E-state index is 0.660. The van der Waals surface area contributed by atoms with E-state index in [0.717, 1.165) is 20.2 Å². The van der Waals surface area contributed by atoms with Gasteiger partial charge in [-0.05, 0) is 40.5 Å². The van der Waals surface area contributed by atoms with Gasteiger partial charge in [0.15, 0.2) is 0 Å². The number of nitrogens with one attached hydrogen (secondary N) is 1. The maximum atomic E-state index is 10.2. The lowest BCUT2D eigenvalue weighted by Gasteiger charge is -2.06. The molecule has 1 aromatic carbocycles. The Hall–Kier alpha value is -0.350. The predicted molar refractivity (Wildman–Crippen MR) is 56.3 cm³/mol. The average Bonchev–Trinajstić information content (AvgIpc) is 2.07. The largest absolute Gasteiger partial charge is 0.328 e. The van der Waals surface area contributed by atoms with Crippen LogP contribution in [-0.2, 0) is 4.79 Å². The van der Waals surface area contributed by atoms with E-state index in [-0.39, 0.29) is 0 Å². The Morgan fingerprint density at radius 3 is 2.67 bits per heavy atom. The van der Waals surface area contributed by atoms with Crippen molar-refractivity contribution in [2.24, 2.45) is 0 Å². The molecule has 0 bridgehead atoms. The number of halogens is 2. The highest BCUT2D eigenvalue weighted by atomic mass is 79.9. The predicted octanol–water partition coefficient (Wildman–Crippen LogP) is 3.09. The monoisotopic (exact) mass is 291 g/mol. The van der Waals surface area contributed by atoms with Gasteiger partial charge < -0.3 is 5.32 Å². The molecule has 0 heterocycles. The summed E-state index contributed by atoms with van der Waals surface area (Å²) in [5.74, 6) is 0. The van der Waals surface area contributed by atoms with Crippen molar-refractivity contribution < 1.29 is 4.79 Å². The van der Waals surface area contributed by atoms with Gasteiger partial charge in [0.2, 0.25) is 6.41 Å². The average molecular weight is 293 g/mol. The van der Waals surface area contributed by atoms with Crippen LogP contribution in [0.4, 0.5) is 5.69 Å². The van der Waals surface area contributed by atoms with Crippen LogP contribution in [0, 0.1) is 6.92 Å². The first-order chi connectivity index (χ1) is 5.66. The molecule has 0 aliphatic rings. The van der Waals surface area contributed by atoms with Crippen LogP contribution in [0.2, 0.25) is 0 Å². The van der Waals surface area contributed by atoms with Crippen molar-refractivity contribution in [3.05, 3.63) is 26.6 Å². The van der Waals surface area contributed by atoms with Crippen molar-refractivity contribution in [1.29, 1.82) is 0 Å². The third-order valence-electron chi connectivity index (χ3n) is 1.53. The Labute approximate surface area is 87.6 Å². The molecule has 0 radical (unpaired) electrons. The second kappa shape index (κ2) is 4.05. The molecule has 1 amide bonds. The first kappa shape index (κ1) is 9.74. The number of amides is 1. The molecule has 0 aliphatic heterocycles. The zero-order valence-electron chi connectivity index (χ0n) is 6.40. The maximum absolute atomic E-state index is 10.2. The SMILES string of the molecule is Cc1c(Br)ccc(NC=O)c1Br. The number of rotatable bonds is 2. The molecular formula is C8H7Br2NO. The fourth-order valence-corrected chi connectivity index (χ4v) is 1.89. The van der Waals surface area contributed by atoms with Gasteiger partial charge in [-0.1, -0.05) is 15.9 Å². The van der Waals surface area contributed by atoms with E-state index in [0.29, 0.717) is 6.41 Å². The molecular weight excluding hydrogens is 286 g/mol. The fraction of sp³-hybridized carbons (Fsp3) is 0.125. The van der Waals surface area contributed by atoms with Gasteiger partial charge in [0.1, 0.15) is 0 Å². The van der Waals surface area contributed by atoms with Crippen molar-refractivity contribution in [3.63, 3.8) is 0 Å². The van der Waals surface area contributed by atoms with Crippen LogP contribution in [-0.4, -0.2) is 6.41 Å². The normalized spacial score (nSPS) is 9.58. The molecule has 1 N–H and O–H groups in total. The van der Waals surface area contributed by atoms with Crippen LogP contribution in [0.1, 0.15) is 5.56 Å². The van der Waals surface area contributed by atoms with Crippen molar-refractivity contribution >= 4 is 44.0 Å². The van der Waals surface area contributed by atoms with E-state index in [2.05, 4.69) is 37.2 Å². The highest BCUT2D eigenvalue weighted by Crippen LogP contribution is 2.30. The number of hydrogen-bond donors (Lipinski definition) is 1. The first-order valence-electron chi connectivity index (χ1n) is 3.31. The number of benzene rings is 1. The van der Waals surface area contributed by atoms with Crippen LogP contribution >= 0.6 is 31.9 Å². The molecule has 0 aromatic heterocycles. The first-order valence-corrected chi connectivity index (χ1v) is 4.90. The second-order valence-corrected chi connectivity index (χ2v) is 3.94. The Balaban J connectivity index is 3.16. The number of carbonyl (C=O) groups is 1. The molecule has 0 saturated heterocycles. The Morgan fingerprint density at radius 2 is 2.08 bits per heavy atom. The van der Waals surface area contributed by atoms with Gasteiger partial charge in [-0.3, -0.25) is 4.79 Å². The van der Waals surface area contributed by atoms with Crippen molar-refractivity contribution in [3.8, 4) is 0 Å². The standard InChI is InChI=1S/C8H7Br2NO/c1-5-6(9)2-3-7(8(5)10)11-4-12/h2-4H,1H3,(H,11,12). The summed E-state index contributed by atoms with van der Waals surface area (Å²) >= 11 is 6.77. The van der Waals surface area contributed by atoms with Crippen LogP contribution in [0.25, 0.3) is 0 Å². The molecule has 0 spiro atoms. The Bertz CT molecular complexity index is 312. The fourth-order valence-electron chi connectivity index (χ4n) is 0.836. The summed E-state index contributed by atoms with van der Waals surface area (Å²) < 4.78 is 1.93. The highest BCUT2D eigenvalue weighted by Gasteiger charge is 2.04. The summed E-state index contributed by atoms with van der Waals surface area (Å²) in [6.45, 7) is 1.96. The zero-order chi connectivity index (χ0) is 9.14. The molecule has 64 valence electrons. The van der Waals surface area contributed by atoms with E-state index in [1.54, 1.807) is 0 Å². The lowest BCUT2D eigenvalue weighted by molar-refractivity contribution is -0.105. The van der Waals surface area contributed by atoms with Crippen LogP contribution < -0.4 is 5.32 Å². The van der Waals surface area contributed by atoms with Gasteiger partial charge >= 0.3 is 0 Å². The van der Waals surface area contributed by atoms with Crippen molar-refractivity contribution in [1.82, 2.24) is 0 Å². The number of hydrogen-bond acceptors (Lipinski definition) is 1. The lowest BCUT2D eigenvalue weighted by Crippen LogP contribution is -1.95. The molecule has 0 saturated carbocycles. The van der Waals surface area contributed by atoms with E-state index in [4.69, 9.17) is 0 Å². The van der Waals surface area contributed by atoms with E-state index < -0.39 is 0 Å². The van der Waals surface area contributed by atoms with Gasteiger partial charge in [-0.25, -0.2) is 0 Å². The van der Waals surface area contributed by atoms with Crippen molar-refractivity contribution in [2.75, 3.05) is 5.32 Å². The molecule has 12 heavy (non-hydrogen) atoms. The Kier molecular flexibility index (Phi) is 3.29. The third kappa shape index (κ3) is 1.87. The topological polar surface area (TPSA) is 29.1 Å². The number of carbonyl (C=O) groups excluding carboxylic acids is 1. The van der Waals surface area contributed by atoms with E-state index >= 15 is 0 Å². The maximum Gasteiger partial charge on any atom is 0.211 e. The van der Waals surface area contributed by atoms with E-state index in [1.807, 2.05) is 19.1 Å². The second-order valence-electron chi connectivity index (χ2n) is 2.30. The van der Waals surface area contributed by atoms with Gasteiger partial charge in [0, 0.05) is 8.95 Å². The zero-order valence-corrected chi connectivity index (χ0v) is 9.57. The van der Waals surface area contributed by atoms with Crippen LogP contribution in [0.5, 0.6) is 0 Å². The van der Waals surface area contributed by atoms with Crippen LogP contribution in [0.3, 0.4) is 0 Å². The van der Waals surface area contributed by atoms with E-state index in [1.165, 1.54) is 0 Å². The molecule has 0 unspecified atom stereocenters. The minimum atomic E-state index is 0.660. The third-order valence-corrected chi connectivity index (χ3v) is 3.42. The number of anilines is 1. The van der Waals surface area contributed by atoms with Crippen molar-refractivity contribution in [2.45, 2.75) is 6.92 Å². The molecule has 1 rings (SSSR count). The molecule has 2 nitrogen and oxygen atoms in total. The molecule has 4 heteroatoms. The Morgan fingerprint density at radius 1 is 1.42 bits per heavy atom. The summed E-state index contributed by atoms with van der Waals surface area (Å²) in [5.41, 5.74) is 1.85. The minimum Gasteiger partial charge on any atom is -0.328 e. The lowest BCUT2D eigenvalue weighted by atomic mass is 10.2. The molecule has 0 aliphatic carbocycles. The van der Waals surface area contributed by atoms with Gasteiger partial charge in [0.05, 0.1) is 5.69 Å². The summed E-state index contributed by atoms with van der Waals surface area (Å²) in [4.78, 5) is 10.2. The summed E-state index contributed by atoms with van der Waals surface area (Å²) in [6.07, 6.45) is 0.660.